The molecule has 152 valence electrons. The molecule has 3 rings (SSSR count). The average molecular weight is 400 g/mol. The summed E-state index contributed by atoms with van der Waals surface area (Å²) in [5.41, 5.74) is 4.46. The van der Waals surface area contributed by atoms with E-state index >= 15 is 0 Å². The summed E-state index contributed by atoms with van der Waals surface area (Å²) in [5, 5.41) is 1.47. The number of methoxy groups -OCH3 is 2. The molecule has 0 unspecified atom stereocenters. The van der Waals surface area contributed by atoms with Gasteiger partial charge in [0.1, 0.15) is 23.1 Å². The van der Waals surface area contributed by atoms with Crippen molar-refractivity contribution in [2.75, 3.05) is 14.2 Å². The van der Waals surface area contributed by atoms with Crippen molar-refractivity contribution in [3.05, 3.63) is 35.4 Å². The first-order chi connectivity index (χ1) is 13.1. The number of hydrogen-bond donors (Lipinski definition) is 0. The fourth-order valence-corrected chi connectivity index (χ4v) is 7.57. The Labute approximate surface area is 171 Å². The van der Waals surface area contributed by atoms with Crippen LogP contribution in [0.25, 0.3) is 11.1 Å². The van der Waals surface area contributed by atoms with E-state index in [1.165, 1.54) is 10.9 Å². The van der Waals surface area contributed by atoms with Gasteiger partial charge in [-0.05, 0) is 56.1 Å². The number of ether oxygens (including phenoxy) is 3. The summed E-state index contributed by atoms with van der Waals surface area (Å²) < 4.78 is 18.3. The number of hydrogen-bond acceptors (Lipinski definition) is 3. The first-order valence-corrected chi connectivity index (χ1v) is 11.3. The van der Waals surface area contributed by atoms with E-state index in [0.29, 0.717) is 5.92 Å². The fraction of sp³-hybridized carbons (Fsp3) is 0.500. The molecule has 1 aliphatic heterocycles. The average Bonchev–Trinajstić information content (AvgIpc) is 3.01. The lowest BCUT2D eigenvalue weighted by Gasteiger charge is -2.34. The molecule has 4 heteroatoms. The predicted octanol–water partition coefficient (Wildman–Crippen LogP) is 6.27. The quantitative estimate of drug-likeness (QED) is 0.566. The second-order valence-corrected chi connectivity index (χ2v) is 11.9. The summed E-state index contributed by atoms with van der Waals surface area (Å²) in [6.45, 7) is 15.7. The Morgan fingerprint density at radius 1 is 1.00 bits per heavy atom. The summed E-state index contributed by atoms with van der Waals surface area (Å²) in [6.07, 6.45) is 0. The molecule has 0 N–H and O–H groups in total. The molecule has 0 bridgehead atoms. The second kappa shape index (κ2) is 7.59. The zero-order valence-corrected chi connectivity index (χ0v) is 19.5. The van der Waals surface area contributed by atoms with Gasteiger partial charge < -0.3 is 14.2 Å². The van der Waals surface area contributed by atoms with E-state index in [2.05, 4.69) is 72.7 Å². The molecule has 2 atom stereocenters. The molecule has 0 fully saturated rings. The standard InChI is InChI=1S/C24H33O3P/c1-14(2)23-27-18-12-10-11-17(22(18)28(23)24(5,6)7)19-20(25-8)15(3)13-16(4)21(19)26-9/h10-14,23H,1-9H3/t23-,28+/m0/s1. The zero-order chi connectivity index (χ0) is 20.8. The lowest BCUT2D eigenvalue weighted by Crippen LogP contribution is -2.28. The van der Waals surface area contributed by atoms with Crippen LogP contribution in [0.15, 0.2) is 24.3 Å². The van der Waals surface area contributed by atoms with Crippen LogP contribution in [0.1, 0.15) is 45.7 Å². The Morgan fingerprint density at radius 3 is 2.04 bits per heavy atom. The minimum absolute atomic E-state index is 0.130. The van der Waals surface area contributed by atoms with Gasteiger partial charge in [-0.3, -0.25) is 0 Å². The lowest BCUT2D eigenvalue weighted by atomic mass is 9.97. The summed E-state index contributed by atoms with van der Waals surface area (Å²) in [6, 6.07) is 8.53. The van der Waals surface area contributed by atoms with Crippen LogP contribution >= 0.6 is 7.92 Å². The SMILES string of the molecule is COc1c(C)cc(C)c(OC)c1-c1cccc2c1[P@@](C(C)(C)C)[C@@H](C(C)C)O2. The van der Waals surface area contributed by atoms with E-state index < -0.39 is 7.92 Å². The van der Waals surface area contributed by atoms with Crippen LogP contribution in [0.3, 0.4) is 0 Å². The van der Waals surface area contributed by atoms with Gasteiger partial charge in [-0.15, -0.1) is 0 Å². The van der Waals surface area contributed by atoms with Crippen LogP contribution in [0.2, 0.25) is 0 Å². The first kappa shape index (κ1) is 21.0. The Kier molecular flexibility index (Phi) is 5.69. The Hall–Kier alpha value is -1.73. The van der Waals surface area contributed by atoms with E-state index in [-0.39, 0.29) is 11.0 Å². The summed E-state index contributed by atoms with van der Waals surface area (Å²) in [5.74, 6) is 3.45. The van der Waals surface area contributed by atoms with Gasteiger partial charge in [0, 0.05) is 10.9 Å². The highest BCUT2D eigenvalue weighted by atomic mass is 31.1. The van der Waals surface area contributed by atoms with Crippen molar-refractivity contribution in [1.29, 1.82) is 0 Å². The van der Waals surface area contributed by atoms with Gasteiger partial charge in [0.15, 0.2) is 0 Å². The highest BCUT2D eigenvalue weighted by Crippen LogP contribution is 2.62. The maximum atomic E-state index is 6.52. The van der Waals surface area contributed by atoms with Gasteiger partial charge >= 0.3 is 0 Å². The van der Waals surface area contributed by atoms with Crippen LogP contribution < -0.4 is 19.5 Å². The number of rotatable bonds is 4. The summed E-state index contributed by atoms with van der Waals surface area (Å²) >= 11 is 0. The van der Waals surface area contributed by atoms with Crippen molar-refractivity contribution < 1.29 is 14.2 Å². The van der Waals surface area contributed by atoms with Crippen LogP contribution in [0.5, 0.6) is 17.2 Å². The highest BCUT2D eigenvalue weighted by molar-refractivity contribution is 7.68. The molecular formula is C24H33O3P. The molecule has 3 nitrogen and oxygen atoms in total. The highest BCUT2D eigenvalue weighted by Gasteiger charge is 2.44. The second-order valence-electron chi connectivity index (χ2n) is 8.90. The number of benzene rings is 2. The monoisotopic (exact) mass is 400 g/mol. The Bertz CT molecular complexity index is 852. The van der Waals surface area contributed by atoms with Gasteiger partial charge in [0.05, 0.1) is 19.8 Å². The topological polar surface area (TPSA) is 27.7 Å². The minimum Gasteiger partial charge on any atom is -0.496 e. The molecule has 1 aliphatic rings. The third kappa shape index (κ3) is 3.39. The molecule has 0 aromatic heterocycles. The van der Waals surface area contributed by atoms with Gasteiger partial charge in [0.2, 0.25) is 0 Å². The third-order valence-corrected chi connectivity index (χ3v) is 8.92. The summed E-state index contributed by atoms with van der Waals surface area (Å²) in [7, 11) is 2.94. The normalized spacial score (nSPS) is 18.8. The fourth-order valence-electron chi connectivity index (χ4n) is 4.25. The van der Waals surface area contributed by atoms with Crippen LogP contribution in [0, 0.1) is 19.8 Å². The van der Waals surface area contributed by atoms with Gasteiger partial charge in [-0.25, -0.2) is 0 Å². The maximum absolute atomic E-state index is 6.52. The molecule has 1 heterocycles. The van der Waals surface area contributed by atoms with Gasteiger partial charge in [-0.1, -0.05) is 46.8 Å². The molecular weight excluding hydrogens is 367 g/mol. The van der Waals surface area contributed by atoms with E-state index in [0.717, 1.165) is 33.9 Å². The van der Waals surface area contributed by atoms with Crippen molar-refractivity contribution in [1.82, 2.24) is 0 Å². The summed E-state index contributed by atoms with van der Waals surface area (Å²) in [4.78, 5) is 0. The minimum atomic E-state index is -0.537. The van der Waals surface area contributed by atoms with Crippen molar-refractivity contribution >= 4 is 13.2 Å². The smallest absolute Gasteiger partial charge is 0.133 e. The number of fused-ring (bicyclic) bond motifs is 1. The number of aryl methyl sites for hydroxylation is 2. The molecule has 0 radical (unpaired) electrons. The van der Waals surface area contributed by atoms with E-state index in [1.54, 1.807) is 14.2 Å². The van der Waals surface area contributed by atoms with Crippen molar-refractivity contribution in [2.45, 2.75) is 59.5 Å². The Morgan fingerprint density at radius 2 is 1.57 bits per heavy atom. The van der Waals surface area contributed by atoms with Crippen molar-refractivity contribution in [2.24, 2.45) is 5.92 Å². The van der Waals surface area contributed by atoms with Crippen molar-refractivity contribution in [3.63, 3.8) is 0 Å². The lowest BCUT2D eigenvalue weighted by molar-refractivity contribution is 0.240. The van der Waals surface area contributed by atoms with Crippen LogP contribution in [-0.4, -0.2) is 25.2 Å². The zero-order valence-electron chi connectivity index (χ0n) is 18.6. The van der Waals surface area contributed by atoms with Crippen LogP contribution in [0.4, 0.5) is 0 Å². The van der Waals surface area contributed by atoms with E-state index in [9.17, 15) is 0 Å². The van der Waals surface area contributed by atoms with Gasteiger partial charge in [0.25, 0.3) is 0 Å². The Balaban J connectivity index is 2.37. The van der Waals surface area contributed by atoms with E-state index in [4.69, 9.17) is 14.2 Å². The maximum Gasteiger partial charge on any atom is 0.133 e. The van der Waals surface area contributed by atoms with Crippen molar-refractivity contribution in [3.8, 4) is 28.4 Å². The van der Waals surface area contributed by atoms with E-state index in [1.807, 2.05) is 0 Å². The molecule has 2 aromatic carbocycles. The molecule has 28 heavy (non-hydrogen) atoms. The molecule has 0 amide bonds. The third-order valence-electron chi connectivity index (χ3n) is 5.32. The molecule has 0 saturated heterocycles. The largest absolute Gasteiger partial charge is 0.496 e. The molecule has 0 saturated carbocycles. The predicted molar refractivity (Wildman–Crippen MR) is 120 cm³/mol. The first-order valence-electron chi connectivity index (χ1n) is 9.93. The molecule has 2 aromatic rings. The van der Waals surface area contributed by atoms with Crippen LogP contribution in [-0.2, 0) is 0 Å². The molecule has 0 spiro atoms. The molecule has 0 aliphatic carbocycles. The van der Waals surface area contributed by atoms with Gasteiger partial charge in [-0.2, -0.15) is 0 Å².